The topological polar surface area (TPSA) is 84.6 Å². The maximum Gasteiger partial charge on any atom is 0.271 e. The molecule has 2 rings (SSSR count). The van der Waals surface area contributed by atoms with Crippen molar-refractivity contribution in [1.29, 1.82) is 0 Å². The fraction of sp³-hybridized carbons (Fsp3) is 0.0667. The minimum Gasteiger partial charge on any atom is -0.267 e. The van der Waals surface area contributed by atoms with Crippen molar-refractivity contribution in [1.82, 2.24) is 5.43 Å². The van der Waals surface area contributed by atoms with Gasteiger partial charge in [-0.2, -0.15) is 5.10 Å². The maximum absolute atomic E-state index is 11.9. The number of amides is 1. The number of rotatable bonds is 4. The van der Waals surface area contributed by atoms with Crippen molar-refractivity contribution in [3.8, 4) is 0 Å². The summed E-state index contributed by atoms with van der Waals surface area (Å²) in [7, 11) is 0. The van der Waals surface area contributed by atoms with E-state index in [2.05, 4.69) is 26.5 Å². The average Bonchev–Trinajstić information content (AvgIpc) is 2.52. The number of carbonyl (C=O) groups is 1. The molecule has 0 aliphatic rings. The Kier molecular flexibility index (Phi) is 5.00. The molecule has 0 spiro atoms. The maximum atomic E-state index is 11.9. The van der Waals surface area contributed by atoms with E-state index in [4.69, 9.17) is 0 Å². The summed E-state index contributed by atoms with van der Waals surface area (Å²) in [4.78, 5) is 22.1. The molecule has 0 aliphatic heterocycles. The molecule has 22 heavy (non-hydrogen) atoms. The van der Waals surface area contributed by atoms with E-state index in [1.807, 2.05) is 6.07 Å². The van der Waals surface area contributed by atoms with Crippen molar-refractivity contribution in [3.05, 3.63) is 74.2 Å². The van der Waals surface area contributed by atoms with E-state index in [0.29, 0.717) is 16.8 Å². The number of nitrogens with zero attached hydrogens (tertiary/aromatic N) is 2. The molecule has 0 fully saturated rings. The van der Waals surface area contributed by atoms with E-state index in [1.54, 1.807) is 37.3 Å². The molecule has 0 bridgehead atoms. The lowest BCUT2D eigenvalue weighted by atomic mass is 10.1. The molecule has 2 aromatic carbocycles. The van der Waals surface area contributed by atoms with E-state index in [1.165, 1.54) is 12.1 Å². The Morgan fingerprint density at radius 2 is 1.86 bits per heavy atom. The zero-order valence-corrected chi connectivity index (χ0v) is 13.2. The monoisotopic (exact) mass is 361 g/mol. The third-order valence-electron chi connectivity index (χ3n) is 2.91. The second-order valence-corrected chi connectivity index (χ2v) is 5.37. The molecule has 2 aromatic rings. The molecule has 0 unspecified atom stereocenters. The summed E-state index contributed by atoms with van der Waals surface area (Å²) >= 11 is 3.29. The van der Waals surface area contributed by atoms with Gasteiger partial charge in [0.2, 0.25) is 0 Å². The molecule has 0 radical (unpaired) electrons. The summed E-state index contributed by atoms with van der Waals surface area (Å²) in [5.41, 5.74) is 4.19. The second-order valence-electron chi connectivity index (χ2n) is 4.45. The third kappa shape index (κ3) is 3.98. The molecule has 0 saturated carbocycles. The highest BCUT2D eigenvalue weighted by Gasteiger charge is 2.07. The molecule has 0 aliphatic carbocycles. The summed E-state index contributed by atoms with van der Waals surface area (Å²) in [6, 6.07) is 12.9. The van der Waals surface area contributed by atoms with Crippen molar-refractivity contribution in [2.45, 2.75) is 6.92 Å². The summed E-state index contributed by atoms with van der Waals surface area (Å²) in [6.45, 7) is 1.71. The first kappa shape index (κ1) is 15.8. The summed E-state index contributed by atoms with van der Waals surface area (Å²) < 4.78 is 0.802. The van der Waals surface area contributed by atoms with Gasteiger partial charge in [0.1, 0.15) is 0 Å². The van der Waals surface area contributed by atoms with Crippen LogP contribution >= 0.6 is 15.9 Å². The number of non-ortho nitro benzene ring substituents is 1. The van der Waals surface area contributed by atoms with Gasteiger partial charge in [0, 0.05) is 22.2 Å². The van der Waals surface area contributed by atoms with Gasteiger partial charge in [-0.15, -0.1) is 0 Å². The van der Waals surface area contributed by atoms with E-state index in [0.717, 1.165) is 4.47 Å². The minimum absolute atomic E-state index is 0.00900. The minimum atomic E-state index is -0.467. The zero-order chi connectivity index (χ0) is 16.1. The van der Waals surface area contributed by atoms with Crippen LogP contribution in [0, 0.1) is 10.1 Å². The van der Waals surface area contributed by atoms with Crippen LogP contribution in [-0.2, 0) is 0 Å². The number of hydrogen-bond acceptors (Lipinski definition) is 4. The molecule has 0 aromatic heterocycles. The van der Waals surface area contributed by atoms with Crippen LogP contribution in [0.25, 0.3) is 0 Å². The fourth-order valence-electron chi connectivity index (χ4n) is 1.72. The number of nitrogens with one attached hydrogen (secondary N) is 1. The summed E-state index contributed by atoms with van der Waals surface area (Å²) in [5.74, 6) is -0.331. The molecule has 7 heteroatoms. The second kappa shape index (κ2) is 6.95. The normalized spacial score (nSPS) is 11.1. The van der Waals surface area contributed by atoms with Crippen LogP contribution < -0.4 is 5.43 Å². The van der Waals surface area contributed by atoms with Crippen LogP contribution in [0.3, 0.4) is 0 Å². The van der Waals surface area contributed by atoms with E-state index >= 15 is 0 Å². The van der Waals surface area contributed by atoms with Gasteiger partial charge in [0.05, 0.1) is 10.6 Å². The van der Waals surface area contributed by atoms with Crippen LogP contribution in [0.4, 0.5) is 5.69 Å². The molecular formula is C15H12BrN3O3. The van der Waals surface area contributed by atoms with Crippen molar-refractivity contribution in [3.63, 3.8) is 0 Å². The van der Waals surface area contributed by atoms with Crippen LogP contribution in [-0.4, -0.2) is 16.5 Å². The van der Waals surface area contributed by atoms with Gasteiger partial charge in [-0.3, -0.25) is 14.9 Å². The predicted molar refractivity (Wildman–Crippen MR) is 86.9 cm³/mol. The molecule has 1 amide bonds. The molecule has 0 saturated heterocycles. The highest BCUT2D eigenvalue weighted by Crippen LogP contribution is 2.13. The van der Waals surface area contributed by atoms with Crippen molar-refractivity contribution >= 4 is 33.2 Å². The van der Waals surface area contributed by atoms with Gasteiger partial charge in [0.25, 0.3) is 11.6 Å². The molecule has 0 atom stereocenters. The number of halogens is 1. The first-order chi connectivity index (χ1) is 10.5. The van der Waals surface area contributed by atoms with Crippen LogP contribution in [0.1, 0.15) is 22.8 Å². The van der Waals surface area contributed by atoms with E-state index < -0.39 is 4.92 Å². The lowest BCUT2D eigenvalue weighted by molar-refractivity contribution is -0.384. The molecule has 0 heterocycles. The van der Waals surface area contributed by atoms with Crippen molar-refractivity contribution in [2.24, 2.45) is 5.10 Å². The van der Waals surface area contributed by atoms with Crippen molar-refractivity contribution in [2.75, 3.05) is 0 Å². The Morgan fingerprint density at radius 3 is 2.45 bits per heavy atom. The molecule has 112 valence electrons. The lowest BCUT2D eigenvalue weighted by Crippen LogP contribution is -2.19. The Labute approximate surface area is 135 Å². The Bertz CT molecular complexity index is 742. The van der Waals surface area contributed by atoms with Gasteiger partial charge in [-0.25, -0.2) is 5.43 Å². The van der Waals surface area contributed by atoms with E-state index in [-0.39, 0.29) is 11.6 Å². The fourth-order valence-corrected chi connectivity index (χ4v) is 2.12. The Morgan fingerprint density at radius 1 is 1.18 bits per heavy atom. The largest absolute Gasteiger partial charge is 0.271 e. The molecular weight excluding hydrogens is 350 g/mol. The number of hydrogen-bond donors (Lipinski definition) is 1. The van der Waals surface area contributed by atoms with Crippen LogP contribution in [0.2, 0.25) is 0 Å². The summed E-state index contributed by atoms with van der Waals surface area (Å²) in [5, 5.41) is 14.6. The van der Waals surface area contributed by atoms with Gasteiger partial charge in [0.15, 0.2) is 0 Å². The SMILES string of the molecule is C/C(=N/NC(=O)c1cccc(Br)c1)c1ccc([N+](=O)[O-])cc1. The van der Waals surface area contributed by atoms with Crippen LogP contribution in [0.15, 0.2) is 58.1 Å². The van der Waals surface area contributed by atoms with Gasteiger partial charge >= 0.3 is 0 Å². The van der Waals surface area contributed by atoms with E-state index in [9.17, 15) is 14.9 Å². The molecule has 1 N–H and O–H groups in total. The first-order valence-electron chi connectivity index (χ1n) is 6.32. The number of nitro benzene ring substituents is 1. The third-order valence-corrected chi connectivity index (χ3v) is 3.40. The Hall–Kier alpha value is -2.54. The number of nitro groups is 1. The standard InChI is InChI=1S/C15H12BrN3O3/c1-10(11-5-7-14(8-6-11)19(21)22)17-18-15(20)12-3-2-4-13(16)9-12/h2-9H,1H3,(H,18,20)/b17-10-. The highest BCUT2D eigenvalue weighted by atomic mass is 79.9. The van der Waals surface area contributed by atoms with Crippen LogP contribution in [0.5, 0.6) is 0 Å². The zero-order valence-electron chi connectivity index (χ0n) is 11.6. The average molecular weight is 362 g/mol. The lowest BCUT2D eigenvalue weighted by Gasteiger charge is -2.03. The number of benzene rings is 2. The van der Waals surface area contributed by atoms with Gasteiger partial charge in [-0.05, 0) is 42.8 Å². The van der Waals surface area contributed by atoms with Gasteiger partial charge < -0.3 is 0 Å². The first-order valence-corrected chi connectivity index (χ1v) is 7.11. The number of carbonyl (C=O) groups excluding carboxylic acids is 1. The molecule has 6 nitrogen and oxygen atoms in total. The Balaban J connectivity index is 2.09. The quantitative estimate of drug-likeness (QED) is 0.513. The smallest absolute Gasteiger partial charge is 0.267 e. The number of hydrazone groups is 1. The highest BCUT2D eigenvalue weighted by molar-refractivity contribution is 9.10. The van der Waals surface area contributed by atoms with Gasteiger partial charge in [-0.1, -0.05) is 22.0 Å². The summed E-state index contributed by atoms with van der Waals surface area (Å²) in [6.07, 6.45) is 0. The van der Waals surface area contributed by atoms with Crippen molar-refractivity contribution < 1.29 is 9.72 Å². The predicted octanol–water partition coefficient (Wildman–Crippen LogP) is 3.51.